The number of benzene rings is 2. The summed E-state index contributed by atoms with van der Waals surface area (Å²) in [7, 11) is 0. The van der Waals surface area contributed by atoms with Crippen LogP contribution in [0.15, 0.2) is 48.5 Å². The average Bonchev–Trinajstić information content (AvgIpc) is 2.69. The third-order valence-corrected chi connectivity index (χ3v) is 3.99. The third-order valence-electron chi connectivity index (χ3n) is 3.99. The molecular weight excluding hydrogens is 387 g/mol. The first-order chi connectivity index (χ1) is 13.7. The van der Waals surface area contributed by atoms with Crippen LogP contribution in [0.3, 0.4) is 0 Å². The van der Waals surface area contributed by atoms with Crippen molar-refractivity contribution >= 4 is 11.9 Å². The van der Waals surface area contributed by atoms with Crippen LogP contribution in [0.4, 0.5) is 13.2 Å². The zero-order valence-electron chi connectivity index (χ0n) is 15.9. The molecule has 0 unspecified atom stereocenters. The summed E-state index contributed by atoms with van der Waals surface area (Å²) >= 11 is 0. The lowest BCUT2D eigenvalue weighted by Crippen LogP contribution is -2.29. The van der Waals surface area contributed by atoms with Crippen LogP contribution >= 0.6 is 0 Å². The molecule has 0 atom stereocenters. The van der Waals surface area contributed by atoms with E-state index in [2.05, 4.69) is 5.32 Å². The van der Waals surface area contributed by atoms with Gasteiger partial charge in [-0.15, -0.1) is 0 Å². The average molecular weight is 409 g/mol. The summed E-state index contributed by atoms with van der Waals surface area (Å²) in [5, 5.41) is 2.65. The molecule has 8 heteroatoms. The minimum atomic E-state index is -4.43. The first kappa shape index (κ1) is 22.3. The van der Waals surface area contributed by atoms with Crippen LogP contribution in [0.25, 0.3) is 0 Å². The van der Waals surface area contributed by atoms with Gasteiger partial charge in [-0.25, -0.2) is 4.79 Å². The van der Waals surface area contributed by atoms with E-state index in [1.165, 1.54) is 0 Å². The SMILES string of the molecule is Cc1ccc(CCC(=O)NCCOC(=O)COc2ccc(C(F)(F)F)cc2)cc1. The largest absolute Gasteiger partial charge is 0.482 e. The van der Waals surface area contributed by atoms with Gasteiger partial charge < -0.3 is 14.8 Å². The second-order valence-corrected chi connectivity index (χ2v) is 6.37. The standard InChI is InChI=1S/C21H22F3NO4/c1-15-2-4-16(5-3-15)6-11-19(26)25-12-13-28-20(27)14-29-18-9-7-17(8-10-18)21(22,23)24/h2-5,7-10H,6,11-14H2,1H3,(H,25,26). The Morgan fingerprint density at radius 2 is 1.66 bits per heavy atom. The summed E-state index contributed by atoms with van der Waals surface area (Å²) in [6, 6.07) is 11.9. The highest BCUT2D eigenvalue weighted by molar-refractivity contribution is 5.76. The number of hydrogen-bond acceptors (Lipinski definition) is 4. The molecule has 2 aromatic carbocycles. The van der Waals surface area contributed by atoms with Crippen LogP contribution in [0.2, 0.25) is 0 Å². The smallest absolute Gasteiger partial charge is 0.416 e. The number of rotatable bonds is 9. The van der Waals surface area contributed by atoms with Crippen molar-refractivity contribution in [1.82, 2.24) is 5.32 Å². The van der Waals surface area contributed by atoms with Gasteiger partial charge in [0.05, 0.1) is 12.1 Å². The minimum absolute atomic E-state index is 0.0223. The van der Waals surface area contributed by atoms with Gasteiger partial charge in [-0.1, -0.05) is 29.8 Å². The van der Waals surface area contributed by atoms with E-state index in [0.29, 0.717) is 12.8 Å². The molecule has 2 aromatic rings. The Kier molecular flexibility index (Phi) is 8.06. The lowest BCUT2D eigenvalue weighted by atomic mass is 10.1. The third kappa shape index (κ3) is 8.25. The fraction of sp³-hybridized carbons (Fsp3) is 0.333. The molecule has 1 amide bonds. The van der Waals surface area contributed by atoms with Crippen molar-refractivity contribution in [3.63, 3.8) is 0 Å². The molecule has 2 rings (SSSR count). The lowest BCUT2D eigenvalue weighted by molar-refractivity contribution is -0.146. The number of amides is 1. The molecule has 0 aliphatic rings. The maximum atomic E-state index is 12.5. The predicted molar refractivity (Wildman–Crippen MR) is 100 cm³/mol. The summed E-state index contributed by atoms with van der Waals surface area (Å²) in [6.45, 7) is 1.70. The minimum Gasteiger partial charge on any atom is -0.482 e. The Morgan fingerprint density at radius 3 is 2.28 bits per heavy atom. The van der Waals surface area contributed by atoms with Gasteiger partial charge in [0, 0.05) is 6.42 Å². The van der Waals surface area contributed by atoms with Gasteiger partial charge in [0.25, 0.3) is 0 Å². The van der Waals surface area contributed by atoms with Gasteiger partial charge in [-0.2, -0.15) is 13.2 Å². The highest BCUT2D eigenvalue weighted by Gasteiger charge is 2.30. The van der Waals surface area contributed by atoms with Crippen LogP contribution in [-0.4, -0.2) is 31.6 Å². The number of nitrogens with one attached hydrogen (secondary N) is 1. The van der Waals surface area contributed by atoms with Gasteiger partial charge in [0.2, 0.25) is 5.91 Å². The Morgan fingerprint density at radius 1 is 1.00 bits per heavy atom. The number of halogens is 3. The Balaban J connectivity index is 1.58. The van der Waals surface area contributed by atoms with E-state index >= 15 is 0 Å². The summed E-state index contributed by atoms with van der Waals surface area (Å²) < 4.78 is 47.4. The van der Waals surface area contributed by atoms with Crippen molar-refractivity contribution in [2.45, 2.75) is 25.9 Å². The number of hydrogen-bond donors (Lipinski definition) is 1. The molecule has 0 fully saturated rings. The van der Waals surface area contributed by atoms with Gasteiger partial charge in [-0.3, -0.25) is 4.79 Å². The van der Waals surface area contributed by atoms with Gasteiger partial charge in [-0.05, 0) is 43.2 Å². The molecule has 0 aliphatic heterocycles. The van der Waals surface area contributed by atoms with Crippen LogP contribution in [-0.2, 0) is 26.9 Å². The second-order valence-electron chi connectivity index (χ2n) is 6.37. The van der Waals surface area contributed by atoms with Crippen LogP contribution in [0, 0.1) is 6.92 Å². The highest BCUT2D eigenvalue weighted by Crippen LogP contribution is 2.30. The maximum absolute atomic E-state index is 12.5. The Bertz CT molecular complexity index is 802. The number of aryl methyl sites for hydroxylation is 2. The summed E-state index contributed by atoms with van der Waals surface area (Å²) in [6.07, 6.45) is -3.48. The monoisotopic (exact) mass is 409 g/mol. The van der Waals surface area contributed by atoms with Gasteiger partial charge in [0.1, 0.15) is 12.4 Å². The van der Waals surface area contributed by atoms with Crippen LogP contribution in [0.5, 0.6) is 5.75 Å². The molecular formula is C21H22F3NO4. The fourth-order valence-corrected chi connectivity index (χ4v) is 2.38. The Labute approximate surface area is 166 Å². The number of ether oxygens (including phenoxy) is 2. The molecule has 156 valence electrons. The number of carbonyl (C=O) groups excluding carboxylic acids is 2. The highest BCUT2D eigenvalue weighted by atomic mass is 19.4. The van der Waals surface area contributed by atoms with Crippen molar-refractivity contribution < 1.29 is 32.2 Å². The van der Waals surface area contributed by atoms with Crippen molar-refractivity contribution in [3.05, 3.63) is 65.2 Å². The van der Waals surface area contributed by atoms with Crippen LogP contribution < -0.4 is 10.1 Å². The van der Waals surface area contributed by atoms with Crippen molar-refractivity contribution in [3.8, 4) is 5.75 Å². The van der Waals surface area contributed by atoms with E-state index < -0.39 is 24.3 Å². The molecule has 0 aliphatic carbocycles. The zero-order chi connectivity index (χ0) is 21.3. The summed E-state index contributed by atoms with van der Waals surface area (Å²) in [4.78, 5) is 23.4. The molecule has 0 spiro atoms. The molecule has 1 N–H and O–H groups in total. The fourth-order valence-electron chi connectivity index (χ4n) is 2.38. The second kappa shape index (κ2) is 10.5. The van der Waals surface area contributed by atoms with E-state index in [1.54, 1.807) is 0 Å². The topological polar surface area (TPSA) is 64.6 Å². The number of alkyl halides is 3. The van der Waals surface area contributed by atoms with Crippen molar-refractivity contribution in [2.24, 2.45) is 0 Å². The maximum Gasteiger partial charge on any atom is 0.416 e. The molecule has 0 aromatic heterocycles. The van der Waals surface area contributed by atoms with Gasteiger partial charge in [0.15, 0.2) is 6.61 Å². The quantitative estimate of drug-likeness (QED) is 0.507. The molecule has 0 radical (unpaired) electrons. The van der Waals surface area contributed by atoms with E-state index in [1.807, 2.05) is 31.2 Å². The van der Waals surface area contributed by atoms with Crippen molar-refractivity contribution in [2.75, 3.05) is 19.8 Å². The van der Waals surface area contributed by atoms with E-state index in [-0.39, 0.29) is 24.8 Å². The summed E-state index contributed by atoms with van der Waals surface area (Å²) in [5.74, 6) is -0.708. The predicted octanol–water partition coefficient (Wildman–Crippen LogP) is 3.68. The van der Waals surface area contributed by atoms with E-state index in [4.69, 9.17) is 9.47 Å². The molecule has 0 saturated carbocycles. The van der Waals surface area contributed by atoms with Crippen LogP contribution in [0.1, 0.15) is 23.1 Å². The van der Waals surface area contributed by atoms with E-state index in [0.717, 1.165) is 35.4 Å². The molecule has 0 heterocycles. The normalized spacial score (nSPS) is 11.0. The van der Waals surface area contributed by atoms with E-state index in [9.17, 15) is 22.8 Å². The summed E-state index contributed by atoms with van der Waals surface area (Å²) in [5.41, 5.74) is 1.42. The molecule has 5 nitrogen and oxygen atoms in total. The first-order valence-electron chi connectivity index (χ1n) is 9.02. The first-order valence-corrected chi connectivity index (χ1v) is 9.02. The Hall–Kier alpha value is -3.03. The van der Waals surface area contributed by atoms with Gasteiger partial charge >= 0.3 is 12.1 Å². The van der Waals surface area contributed by atoms with Crippen molar-refractivity contribution in [1.29, 1.82) is 0 Å². The molecule has 0 bridgehead atoms. The zero-order valence-corrected chi connectivity index (χ0v) is 15.9. The lowest BCUT2D eigenvalue weighted by Gasteiger charge is -2.10. The molecule has 29 heavy (non-hydrogen) atoms. The number of esters is 1. The molecule has 0 saturated heterocycles. The number of carbonyl (C=O) groups is 2.